The molecule has 2 aromatic heterocycles. The molecular formula is C15H12N6O. The first-order valence-corrected chi connectivity index (χ1v) is 6.54. The number of benzene rings is 1. The normalized spacial score (nSPS) is 10.2. The maximum Gasteiger partial charge on any atom is 0.267 e. The number of carbonyl (C=O) groups excluding carboxylic acids is 1. The van der Waals surface area contributed by atoms with Crippen LogP contribution in [0.2, 0.25) is 0 Å². The van der Waals surface area contributed by atoms with Gasteiger partial charge in [-0.3, -0.25) is 4.79 Å². The molecule has 0 fully saturated rings. The minimum absolute atomic E-state index is 0.198. The number of fused-ring (bicyclic) bond motifs is 1. The number of amides is 1. The molecule has 0 atom stereocenters. The number of anilines is 2. The average Bonchev–Trinajstić information content (AvgIpc) is 3.02. The Bertz CT molecular complexity index is 892. The van der Waals surface area contributed by atoms with Gasteiger partial charge in [-0.1, -0.05) is 0 Å². The van der Waals surface area contributed by atoms with E-state index in [1.165, 1.54) is 0 Å². The highest BCUT2D eigenvalue weighted by atomic mass is 16.1. The highest BCUT2D eigenvalue weighted by Crippen LogP contribution is 2.18. The molecule has 22 heavy (non-hydrogen) atoms. The summed E-state index contributed by atoms with van der Waals surface area (Å²) in [6.07, 6.45) is 3.31. The third-order valence-electron chi connectivity index (χ3n) is 3.12. The predicted octanol–water partition coefficient (Wildman–Crippen LogP) is 1.93. The molecule has 1 amide bonds. The molecule has 0 aliphatic carbocycles. The van der Waals surface area contributed by atoms with Gasteiger partial charge in [0.1, 0.15) is 5.69 Å². The maximum absolute atomic E-state index is 11.5. The summed E-state index contributed by atoms with van der Waals surface area (Å²) in [5.41, 5.74) is 2.44. The van der Waals surface area contributed by atoms with Crippen LogP contribution in [-0.4, -0.2) is 27.9 Å². The van der Waals surface area contributed by atoms with Crippen LogP contribution in [0.25, 0.3) is 10.9 Å². The molecule has 0 saturated carbocycles. The first-order chi connectivity index (χ1) is 10.7. The van der Waals surface area contributed by atoms with Crippen molar-refractivity contribution in [1.29, 1.82) is 5.26 Å². The van der Waals surface area contributed by atoms with Gasteiger partial charge in [0.25, 0.3) is 5.91 Å². The van der Waals surface area contributed by atoms with Crippen molar-refractivity contribution < 1.29 is 4.79 Å². The first-order valence-electron chi connectivity index (χ1n) is 6.54. The molecule has 3 aromatic rings. The van der Waals surface area contributed by atoms with E-state index < -0.39 is 0 Å². The Morgan fingerprint density at radius 2 is 2.23 bits per heavy atom. The molecule has 2 heterocycles. The molecular weight excluding hydrogens is 280 g/mol. The number of nitrogens with one attached hydrogen (secondary N) is 3. The van der Waals surface area contributed by atoms with Crippen LogP contribution in [0.4, 0.5) is 11.6 Å². The van der Waals surface area contributed by atoms with Crippen LogP contribution in [0.5, 0.6) is 0 Å². The first kappa shape index (κ1) is 13.6. The van der Waals surface area contributed by atoms with Crippen LogP contribution in [-0.2, 0) is 0 Å². The number of hydrogen-bond acceptors (Lipinski definition) is 5. The molecule has 7 heteroatoms. The van der Waals surface area contributed by atoms with E-state index in [-0.39, 0.29) is 5.91 Å². The van der Waals surface area contributed by atoms with Gasteiger partial charge in [-0.2, -0.15) is 5.26 Å². The number of carbonyl (C=O) groups is 1. The lowest BCUT2D eigenvalue weighted by molar-refractivity contribution is 0.0959. The van der Waals surface area contributed by atoms with Crippen molar-refractivity contribution in [2.24, 2.45) is 0 Å². The van der Waals surface area contributed by atoms with Gasteiger partial charge in [0.2, 0.25) is 5.95 Å². The predicted molar refractivity (Wildman–Crippen MR) is 81.7 cm³/mol. The fourth-order valence-corrected chi connectivity index (χ4v) is 2.02. The van der Waals surface area contributed by atoms with Crippen LogP contribution in [0.15, 0.2) is 36.7 Å². The van der Waals surface area contributed by atoms with Gasteiger partial charge >= 0.3 is 0 Å². The van der Waals surface area contributed by atoms with Crippen LogP contribution in [0, 0.1) is 11.3 Å². The smallest absolute Gasteiger partial charge is 0.267 e. The van der Waals surface area contributed by atoms with Crippen LogP contribution in [0.3, 0.4) is 0 Å². The van der Waals surface area contributed by atoms with Crippen molar-refractivity contribution in [1.82, 2.24) is 20.3 Å². The van der Waals surface area contributed by atoms with Crippen LogP contribution < -0.4 is 10.6 Å². The fraction of sp³-hybridized carbons (Fsp3) is 0.0667. The van der Waals surface area contributed by atoms with E-state index in [1.54, 1.807) is 43.7 Å². The topological polar surface area (TPSA) is 106 Å². The van der Waals surface area contributed by atoms with Gasteiger partial charge in [0.15, 0.2) is 0 Å². The summed E-state index contributed by atoms with van der Waals surface area (Å²) in [7, 11) is 1.57. The van der Waals surface area contributed by atoms with Gasteiger partial charge in [-0.15, -0.1) is 0 Å². The minimum Gasteiger partial charge on any atom is -0.355 e. The number of H-pyrrole nitrogens is 1. The number of aromatic amines is 1. The summed E-state index contributed by atoms with van der Waals surface area (Å²) in [6.45, 7) is 0. The second-order valence-corrected chi connectivity index (χ2v) is 4.59. The largest absolute Gasteiger partial charge is 0.355 e. The number of aromatic nitrogens is 3. The fourth-order valence-electron chi connectivity index (χ4n) is 2.02. The van der Waals surface area contributed by atoms with E-state index in [2.05, 4.69) is 31.7 Å². The monoisotopic (exact) mass is 292 g/mol. The molecule has 7 nitrogen and oxygen atoms in total. The molecule has 0 unspecified atom stereocenters. The van der Waals surface area contributed by atoms with Crippen LogP contribution >= 0.6 is 0 Å². The lowest BCUT2D eigenvalue weighted by Gasteiger charge is -2.03. The lowest BCUT2D eigenvalue weighted by atomic mass is 10.2. The van der Waals surface area contributed by atoms with Gasteiger partial charge in [0, 0.05) is 24.8 Å². The van der Waals surface area contributed by atoms with E-state index in [4.69, 9.17) is 5.26 Å². The van der Waals surface area contributed by atoms with Crippen molar-refractivity contribution in [2.75, 3.05) is 12.4 Å². The van der Waals surface area contributed by atoms with Crippen molar-refractivity contribution in [3.05, 3.63) is 47.9 Å². The zero-order valence-electron chi connectivity index (χ0n) is 11.7. The molecule has 1 aromatic carbocycles. The summed E-state index contributed by atoms with van der Waals surface area (Å²) >= 11 is 0. The zero-order chi connectivity index (χ0) is 15.5. The summed E-state index contributed by atoms with van der Waals surface area (Å²) in [6, 6.07) is 8.97. The third-order valence-corrected chi connectivity index (χ3v) is 3.12. The van der Waals surface area contributed by atoms with E-state index in [0.717, 1.165) is 10.9 Å². The van der Waals surface area contributed by atoms with E-state index in [0.29, 0.717) is 22.9 Å². The Morgan fingerprint density at radius 3 is 3.00 bits per heavy atom. The highest BCUT2D eigenvalue weighted by Gasteiger charge is 2.07. The molecule has 3 rings (SSSR count). The van der Waals surface area contributed by atoms with Gasteiger partial charge in [-0.05, 0) is 24.3 Å². The van der Waals surface area contributed by atoms with Gasteiger partial charge in [0.05, 0.1) is 22.8 Å². The van der Waals surface area contributed by atoms with E-state index in [1.807, 2.05) is 0 Å². The molecule has 3 N–H and O–H groups in total. The molecule has 108 valence electrons. The zero-order valence-corrected chi connectivity index (χ0v) is 11.7. The molecule has 0 aliphatic heterocycles. The standard InChI is InChI=1S/C15H12N6O/c1-17-14(22)13-5-11(8-18-13)20-15-19-7-10-4-9(6-16)2-3-12(10)21-15/h2-5,7-8,18H,1H3,(H,17,22)(H,19,20,21). The Morgan fingerprint density at radius 1 is 1.36 bits per heavy atom. The second kappa shape index (κ2) is 5.54. The van der Waals surface area contributed by atoms with Crippen molar-refractivity contribution in [2.45, 2.75) is 0 Å². The SMILES string of the molecule is CNC(=O)c1cc(Nc2ncc3cc(C#N)ccc3n2)c[nH]1. The summed E-state index contributed by atoms with van der Waals surface area (Å²) < 4.78 is 0. The molecule has 0 bridgehead atoms. The lowest BCUT2D eigenvalue weighted by Crippen LogP contribution is -2.17. The molecule has 0 radical (unpaired) electrons. The Labute approximate surface area is 126 Å². The average molecular weight is 292 g/mol. The summed E-state index contributed by atoms with van der Waals surface area (Å²) in [5.74, 6) is 0.219. The number of hydrogen-bond donors (Lipinski definition) is 3. The second-order valence-electron chi connectivity index (χ2n) is 4.59. The number of nitriles is 1. The van der Waals surface area contributed by atoms with Crippen molar-refractivity contribution in [3.63, 3.8) is 0 Å². The molecule has 0 aliphatic rings. The van der Waals surface area contributed by atoms with Gasteiger partial charge in [-0.25, -0.2) is 9.97 Å². The summed E-state index contributed by atoms with van der Waals surface area (Å²) in [5, 5.41) is 15.2. The minimum atomic E-state index is -0.198. The quantitative estimate of drug-likeness (QED) is 0.684. The van der Waals surface area contributed by atoms with Gasteiger partial charge < -0.3 is 15.6 Å². The maximum atomic E-state index is 11.5. The van der Waals surface area contributed by atoms with E-state index in [9.17, 15) is 4.79 Å². The number of nitrogens with zero attached hydrogens (tertiary/aromatic N) is 3. The number of rotatable bonds is 3. The molecule has 0 spiro atoms. The Hall–Kier alpha value is -3.40. The van der Waals surface area contributed by atoms with E-state index >= 15 is 0 Å². The summed E-state index contributed by atoms with van der Waals surface area (Å²) in [4.78, 5) is 22.9. The Balaban J connectivity index is 1.86. The third kappa shape index (κ3) is 2.58. The van der Waals surface area contributed by atoms with Crippen molar-refractivity contribution in [3.8, 4) is 6.07 Å². The molecule has 0 saturated heterocycles. The Kier molecular flexibility index (Phi) is 3.42. The van der Waals surface area contributed by atoms with Crippen molar-refractivity contribution >= 4 is 28.4 Å². The highest BCUT2D eigenvalue weighted by molar-refractivity contribution is 5.93. The van der Waals surface area contributed by atoms with Crippen LogP contribution in [0.1, 0.15) is 16.1 Å².